The first-order valence-electron chi connectivity index (χ1n) is 12.6. The van der Waals surface area contributed by atoms with Crippen LogP contribution in [0.2, 0.25) is 0 Å². The van der Waals surface area contributed by atoms with Gasteiger partial charge in [0.1, 0.15) is 31.0 Å². The van der Waals surface area contributed by atoms with Gasteiger partial charge in [0.2, 0.25) is 0 Å². The lowest BCUT2D eigenvalue weighted by molar-refractivity contribution is -0.297. The molecule has 6 atom stereocenters. The van der Waals surface area contributed by atoms with Gasteiger partial charge in [-0.1, -0.05) is 52.4 Å². The quantitative estimate of drug-likeness (QED) is 0.126. The monoisotopic (exact) mass is 541 g/mol. The summed E-state index contributed by atoms with van der Waals surface area (Å²) in [6.45, 7) is 3.34. The van der Waals surface area contributed by atoms with Crippen LogP contribution in [0.5, 0.6) is 0 Å². The molecule has 0 amide bonds. The topological polar surface area (TPSA) is 189 Å². The van der Waals surface area contributed by atoms with Gasteiger partial charge in [-0.2, -0.15) is 0 Å². The van der Waals surface area contributed by atoms with Crippen molar-refractivity contribution in [3.63, 3.8) is 0 Å². The van der Waals surface area contributed by atoms with Crippen molar-refractivity contribution in [1.82, 2.24) is 0 Å². The Morgan fingerprint density at radius 3 is 2.00 bits per heavy atom. The van der Waals surface area contributed by atoms with E-state index in [1.165, 1.54) is 0 Å². The van der Waals surface area contributed by atoms with Gasteiger partial charge in [-0.25, -0.2) is 8.42 Å². The van der Waals surface area contributed by atoms with Crippen molar-refractivity contribution in [1.29, 1.82) is 0 Å². The van der Waals surface area contributed by atoms with Crippen LogP contribution in [-0.4, -0.2) is 96.0 Å². The summed E-state index contributed by atoms with van der Waals surface area (Å²) in [5.41, 5.74) is 0. The SMILES string of the molecule is CCCCCCC(=O)OC[C@@H](CO[C@H]1O[C@H](CS(=O)(=O)[O-])[C@@H](O)[C@H](O)[C@H]1O)OC(=O)CCCCCC. The van der Waals surface area contributed by atoms with Crippen LogP contribution < -0.4 is 0 Å². The van der Waals surface area contributed by atoms with Crippen LogP contribution in [0, 0.1) is 0 Å². The number of hydrogen-bond donors (Lipinski definition) is 3. The Hall–Kier alpha value is -1.35. The summed E-state index contributed by atoms with van der Waals surface area (Å²) in [6, 6.07) is 0. The second-order valence-corrected chi connectivity index (χ2v) is 10.4. The molecule has 0 unspecified atom stereocenters. The second-order valence-electron chi connectivity index (χ2n) is 8.99. The third-order valence-electron chi connectivity index (χ3n) is 5.68. The average Bonchev–Trinajstić information content (AvgIpc) is 2.81. The number of unbranched alkanes of at least 4 members (excludes halogenated alkanes) is 6. The van der Waals surface area contributed by atoms with Crippen LogP contribution in [0.15, 0.2) is 0 Å². The van der Waals surface area contributed by atoms with E-state index in [0.29, 0.717) is 12.8 Å². The Morgan fingerprint density at radius 2 is 1.44 bits per heavy atom. The van der Waals surface area contributed by atoms with E-state index in [-0.39, 0.29) is 19.4 Å². The molecule has 13 heteroatoms. The van der Waals surface area contributed by atoms with Gasteiger partial charge in [-0.05, 0) is 12.8 Å². The molecule has 3 N–H and O–H groups in total. The predicted molar refractivity (Wildman–Crippen MR) is 126 cm³/mol. The number of carbonyl (C=O) groups is 2. The summed E-state index contributed by atoms with van der Waals surface area (Å²) in [6.07, 6.45) is -2.44. The molecule has 0 saturated carbocycles. The molecule has 0 radical (unpaired) electrons. The van der Waals surface area contributed by atoms with Crippen molar-refractivity contribution in [3.05, 3.63) is 0 Å². The minimum Gasteiger partial charge on any atom is -0.748 e. The van der Waals surface area contributed by atoms with Crippen LogP contribution in [0.25, 0.3) is 0 Å². The summed E-state index contributed by atoms with van der Waals surface area (Å²) in [5, 5.41) is 30.1. The molecule has 36 heavy (non-hydrogen) atoms. The van der Waals surface area contributed by atoms with E-state index in [1.54, 1.807) is 0 Å². The second kappa shape index (κ2) is 17.2. The van der Waals surface area contributed by atoms with Crippen molar-refractivity contribution in [3.8, 4) is 0 Å². The van der Waals surface area contributed by atoms with E-state index >= 15 is 0 Å². The highest BCUT2D eigenvalue weighted by Gasteiger charge is 2.45. The Labute approximate surface area is 213 Å². The van der Waals surface area contributed by atoms with Gasteiger partial charge in [-0.3, -0.25) is 9.59 Å². The van der Waals surface area contributed by atoms with Gasteiger partial charge < -0.3 is 38.8 Å². The number of aliphatic hydroxyl groups excluding tert-OH is 3. The lowest BCUT2D eigenvalue weighted by atomic mass is 10.00. The van der Waals surface area contributed by atoms with Crippen LogP contribution in [0.3, 0.4) is 0 Å². The fourth-order valence-corrected chi connectivity index (χ4v) is 4.28. The molecule has 1 heterocycles. The summed E-state index contributed by atoms with van der Waals surface area (Å²) in [7, 11) is -4.82. The molecule has 0 bridgehead atoms. The molecular formula is C23H41O12S-. The van der Waals surface area contributed by atoms with Crippen molar-refractivity contribution >= 4 is 22.1 Å². The molecule has 1 saturated heterocycles. The lowest BCUT2D eigenvalue weighted by Gasteiger charge is -2.40. The zero-order valence-electron chi connectivity index (χ0n) is 21.1. The number of hydrogen-bond acceptors (Lipinski definition) is 12. The third-order valence-corrected chi connectivity index (χ3v) is 6.42. The number of carbonyl (C=O) groups excluding carboxylic acids is 2. The summed E-state index contributed by atoms with van der Waals surface area (Å²) < 4.78 is 54.4. The Morgan fingerprint density at radius 1 is 0.861 bits per heavy atom. The van der Waals surface area contributed by atoms with E-state index in [2.05, 4.69) is 0 Å². The normalized spacial score (nSPS) is 25.3. The molecule has 0 aromatic heterocycles. The highest BCUT2D eigenvalue weighted by Crippen LogP contribution is 2.23. The van der Waals surface area contributed by atoms with Gasteiger partial charge in [-0.15, -0.1) is 0 Å². The van der Waals surface area contributed by atoms with Gasteiger partial charge in [0, 0.05) is 12.8 Å². The van der Waals surface area contributed by atoms with Gasteiger partial charge in [0.25, 0.3) is 0 Å². The maximum Gasteiger partial charge on any atom is 0.306 e. The van der Waals surface area contributed by atoms with Crippen molar-refractivity contribution in [2.45, 2.75) is 115 Å². The van der Waals surface area contributed by atoms with E-state index in [9.17, 15) is 37.9 Å². The first kappa shape index (κ1) is 32.7. The Balaban J connectivity index is 2.73. The lowest BCUT2D eigenvalue weighted by Crippen LogP contribution is -2.60. The fourth-order valence-electron chi connectivity index (χ4n) is 3.61. The fraction of sp³-hybridized carbons (Fsp3) is 0.913. The number of rotatable bonds is 18. The summed E-state index contributed by atoms with van der Waals surface area (Å²) in [5.74, 6) is -2.15. The number of aliphatic hydroxyl groups is 3. The average molecular weight is 542 g/mol. The van der Waals surface area contributed by atoms with Crippen LogP contribution in [0.4, 0.5) is 0 Å². The van der Waals surface area contributed by atoms with Gasteiger partial charge >= 0.3 is 11.9 Å². The molecule has 1 rings (SSSR count). The van der Waals surface area contributed by atoms with Gasteiger partial charge in [0.15, 0.2) is 12.4 Å². The van der Waals surface area contributed by atoms with Crippen molar-refractivity contribution < 1.29 is 56.8 Å². The zero-order chi connectivity index (χ0) is 27.1. The molecule has 0 spiro atoms. The van der Waals surface area contributed by atoms with E-state index in [4.69, 9.17) is 18.9 Å². The minimum atomic E-state index is -4.82. The van der Waals surface area contributed by atoms with Crippen LogP contribution in [0.1, 0.15) is 78.1 Å². The molecule has 1 fully saturated rings. The highest BCUT2D eigenvalue weighted by molar-refractivity contribution is 7.85. The maximum absolute atomic E-state index is 12.3. The summed E-state index contributed by atoms with van der Waals surface area (Å²) >= 11 is 0. The predicted octanol–water partition coefficient (Wildman–Crippen LogP) is 0.752. The largest absolute Gasteiger partial charge is 0.748 e. The minimum absolute atomic E-state index is 0.151. The first-order valence-corrected chi connectivity index (χ1v) is 14.2. The zero-order valence-corrected chi connectivity index (χ0v) is 21.9. The molecule has 0 aromatic rings. The molecule has 0 aliphatic carbocycles. The molecule has 212 valence electrons. The van der Waals surface area contributed by atoms with E-state index in [0.717, 1.165) is 38.5 Å². The molecule has 0 aromatic carbocycles. The third kappa shape index (κ3) is 13.3. The maximum atomic E-state index is 12.3. The Kier molecular flexibility index (Phi) is 15.6. The van der Waals surface area contributed by atoms with E-state index in [1.807, 2.05) is 13.8 Å². The Bertz CT molecular complexity index is 743. The molecule has 12 nitrogen and oxygen atoms in total. The standard InChI is InChI=1S/C23H42O12S/c1-3-5-7-9-11-18(24)32-13-16(34-19(25)12-10-8-6-4-2)14-33-23-22(28)21(27)20(26)17(35-23)15-36(29,30)31/h16-17,20-23,26-28H,3-15H2,1-2H3,(H,29,30,31)/p-1/t16-,17+,20+,21-,22+,23-/m0/s1. The van der Waals surface area contributed by atoms with Gasteiger partial charge in [0.05, 0.1) is 22.5 Å². The summed E-state index contributed by atoms with van der Waals surface area (Å²) in [4.78, 5) is 24.3. The van der Waals surface area contributed by atoms with Crippen molar-refractivity contribution in [2.75, 3.05) is 19.0 Å². The first-order chi connectivity index (χ1) is 17.0. The highest BCUT2D eigenvalue weighted by atomic mass is 32.2. The molecular weight excluding hydrogens is 500 g/mol. The number of ether oxygens (including phenoxy) is 4. The smallest absolute Gasteiger partial charge is 0.306 e. The number of esters is 2. The van der Waals surface area contributed by atoms with Crippen molar-refractivity contribution in [2.24, 2.45) is 0 Å². The molecule has 1 aliphatic heterocycles. The van der Waals surface area contributed by atoms with Crippen LogP contribution in [-0.2, 0) is 38.7 Å². The van der Waals surface area contributed by atoms with Crippen LogP contribution >= 0.6 is 0 Å². The van der Waals surface area contributed by atoms with E-state index < -0.39 is 71.2 Å². The molecule has 1 aliphatic rings.